The lowest BCUT2D eigenvalue weighted by Gasteiger charge is -2.35. The molecule has 0 radical (unpaired) electrons. The predicted octanol–water partition coefficient (Wildman–Crippen LogP) is 2.93. The largest absolute Gasteiger partial charge is 0.496 e. The van der Waals surface area contributed by atoms with E-state index < -0.39 is 11.9 Å². The number of rotatable bonds is 5. The van der Waals surface area contributed by atoms with E-state index in [0.717, 1.165) is 49.5 Å². The first-order valence-corrected chi connectivity index (χ1v) is 9.95. The highest BCUT2D eigenvalue weighted by molar-refractivity contribution is 9.10. The molecule has 1 aliphatic heterocycles. The molecule has 2 aromatic rings. The number of carboxylic acids is 2. The maximum Gasteiger partial charge on any atom is 0.414 e. The maximum absolute atomic E-state index is 9.10. The van der Waals surface area contributed by atoms with Crippen LogP contribution in [0, 0.1) is 0 Å². The smallest absolute Gasteiger partial charge is 0.414 e. The molecule has 7 nitrogen and oxygen atoms in total. The first kappa shape index (κ1) is 22.9. The van der Waals surface area contributed by atoms with Crippen LogP contribution in [-0.4, -0.2) is 65.2 Å². The van der Waals surface area contributed by atoms with Crippen LogP contribution < -0.4 is 4.74 Å². The second-order valence-electron chi connectivity index (χ2n) is 6.60. The maximum atomic E-state index is 9.10. The Balaban J connectivity index is 0.000000438. The number of nitrogens with zero attached hydrogens (tertiary/aromatic N) is 2. The fourth-order valence-corrected chi connectivity index (χ4v) is 3.29. The minimum atomic E-state index is -1.82. The van der Waals surface area contributed by atoms with Crippen LogP contribution in [0.3, 0.4) is 0 Å². The van der Waals surface area contributed by atoms with Crippen molar-refractivity contribution in [3.8, 4) is 5.75 Å². The van der Waals surface area contributed by atoms with E-state index in [9.17, 15) is 0 Å². The predicted molar refractivity (Wildman–Crippen MR) is 113 cm³/mol. The van der Waals surface area contributed by atoms with Crippen molar-refractivity contribution >= 4 is 27.9 Å². The molecule has 8 heteroatoms. The second kappa shape index (κ2) is 11.5. The lowest BCUT2D eigenvalue weighted by Crippen LogP contribution is -2.45. The summed E-state index contributed by atoms with van der Waals surface area (Å²) < 4.78 is 6.60. The van der Waals surface area contributed by atoms with Gasteiger partial charge < -0.3 is 14.9 Å². The first-order chi connectivity index (χ1) is 13.9. The summed E-state index contributed by atoms with van der Waals surface area (Å²) in [6, 6.07) is 16.9. The van der Waals surface area contributed by atoms with Crippen LogP contribution in [-0.2, 0) is 22.7 Å². The third-order valence-electron chi connectivity index (χ3n) is 4.55. The molecule has 3 rings (SSSR count). The third-order valence-corrected chi connectivity index (χ3v) is 5.08. The average molecular weight is 465 g/mol. The molecular weight excluding hydrogens is 440 g/mol. The van der Waals surface area contributed by atoms with Crippen molar-refractivity contribution in [3.05, 3.63) is 64.1 Å². The van der Waals surface area contributed by atoms with Gasteiger partial charge in [-0.3, -0.25) is 9.80 Å². The van der Waals surface area contributed by atoms with Gasteiger partial charge in [0.25, 0.3) is 0 Å². The summed E-state index contributed by atoms with van der Waals surface area (Å²) in [7, 11) is 1.75. The van der Waals surface area contributed by atoms with Crippen LogP contribution in [0.1, 0.15) is 11.1 Å². The molecule has 2 N–H and O–H groups in total. The van der Waals surface area contributed by atoms with Gasteiger partial charge in [-0.25, -0.2) is 9.59 Å². The molecule has 0 spiro atoms. The van der Waals surface area contributed by atoms with Gasteiger partial charge in [-0.2, -0.15) is 0 Å². The highest BCUT2D eigenvalue weighted by Crippen LogP contribution is 2.20. The minimum absolute atomic E-state index is 0.968. The Hall–Kier alpha value is -2.42. The van der Waals surface area contributed by atoms with Crippen molar-refractivity contribution in [2.75, 3.05) is 33.3 Å². The summed E-state index contributed by atoms with van der Waals surface area (Å²) in [6.07, 6.45) is 0. The van der Waals surface area contributed by atoms with E-state index in [0.29, 0.717) is 0 Å². The fraction of sp³-hybridized carbons (Fsp3) is 0.333. The van der Waals surface area contributed by atoms with Crippen LogP contribution in [0.2, 0.25) is 0 Å². The molecule has 1 saturated heterocycles. The number of methoxy groups -OCH3 is 1. The average Bonchev–Trinajstić information content (AvgIpc) is 2.72. The van der Waals surface area contributed by atoms with E-state index in [1.165, 1.54) is 11.1 Å². The zero-order valence-electron chi connectivity index (χ0n) is 16.3. The number of carboxylic acid groups (broad SMARTS) is 2. The molecule has 0 amide bonds. The van der Waals surface area contributed by atoms with Crippen LogP contribution in [0.4, 0.5) is 0 Å². The number of hydrogen-bond acceptors (Lipinski definition) is 5. The molecule has 0 aromatic heterocycles. The lowest BCUT2D eigenvalue weighted by atomic mass is 10.1. The molecule has 1 fully saturated rings. The first-order valence-electron chi connectivity index (χ1n) is 9.16. The van der Waals surface area contributed by atoms with Crippen molar-refractivity contribution in [2.24, 2.45) is 0 Å². The Labute approximate surface area is 178 Å². The van der Waals surface area contributed by atoms with E-state index in [2.05, 4.69) is 62.1 Å². The summed E-state index contributed by atoms with van der Waals surface area (Å²) in [5.41, 5.74) is 2.66. The molecule has 156 valence electrons. The number of ether oxygens (including phenoxy) is 1. The van der Waals surface area contributed by atoms with Crippen LogP contribution in [0.15, 0.2) is 53.0 Å². The van der Waals surface area contributed by atoms with Gasteiger partial charge in [0.2, 0.25) is 0 Å². The standard InChI is InChI=1S/C19H23BrN2O.C2H2O4/c1-23-19-5-3-2-4-17(19)15-22-12-10-21(11-13-22)14-16-6-8-18(20)9-7-16;3-1(4)2(5)6/h2-9H,10-15H2,1H3;(H,3,4)(H,5,6). The van der Waals surface area contributed by atoms with Crippen molar-refractivity contribution < 1.29 is 24.5 Å². The number of hydrogen-bond donors (Lipinski definition) is 2. The number of benzene rings is 2. The quantitative estimate of drug-likeness (QED) is 0.657. The molecule has 2 aromatic carbocycles. The van der Waals surface area contributed by atoms with Crippen LogP contribution in [0.25, 0.3) is 0 Å². The molecule has 0 atom stereocenters. The van der Waals surface area contributed by atoms with Crippen LogP contribution in [0.5, 0.6) is 5.75 Å². The number of aliphatic carboxylic acids is 2. The van der Waals surface area contributed by atoms with E-state index >= 15 is 0 Å². The Kier molecular flexibility index (Phi) is 9.11. The third kappa shape index (κ3) is 7.84. The minimum Gasteiger partial charge on any atom is -0.496 e. The van der Waals surface area contributed by atoms with Crippen molar-refractivity contribution in [2.45, 2.75) is 13.1 Å². The van der Waals surface area contributed by atoms with Gasteiger partial charge in [0, 0.05) is 49.3 Å². The van der Waals surface area contributed by atoms with Crippen molar-refractivity contribution in [1.82, 2.24) is 9.80 Å². The SMILES string of the molecule is COc1ccccc1CN1CCN(Cc2ccc(Br)cc2)CC1.O=C(O)C(=O)O. The topological polar surface area (TPSA) is 90.3 Å². The normalized spacial score (nSPS) is 14.6. The summed E-state index contributed by atoms with van der Waals surface area (Å²) in [5, 5.41) is 14.8. The second-order valence-corrected chi connectivity index (χ2v) is 7.52. The van der Waals surface area contributed by atoms with E-state index in [1.54, 1.807) is 7.11 Å². The molecule has 0 bridgehead atoms. The highest BCUT2D eigenvalue weighted by Gasteiger charge is 2.18. The monoisotopic (exact) mass is 464 g/mol. The molecule has 29 heavy (non-hydrogen) atoms. The Bertz CT molecular complexity index is 793. The van der Waals surface area contributed by atoms with Gasteiger partial charge in [-0.15, -0.1) is 0 Å². The Morgan fingerprint density at radius 3 is 1.93 bits per heavy atom. The van der Waals surface area contributed by atoms with Gasteiger partial charge in [-0.05, 0) is 23.8 Å². The molecule has 0 saturated carbocycles. The fourth-order valence-electron chi connectivity index (χ4n) is 3.03. The van der Waals surface area contributed by atoms with Gasteiger partial charge in [0.1, 0.15) is 5.75 Å². The van der Waals surface area contributed by atoms with Gasteiger partial charge in [-0.1, -0.05) is 46.3 Å². The lowest BCUT2D eigenvalue weighted by molar-refractivity contribution is -0.159. The molecule has 1 heterocycles. The molecule has 1 aliphatic rings. The van der Waals surface area contributed by atoms with E-state index in [1.807, 2.05) is 12.1 Å². The van der Waals surface area contributed by atoms with Gasteiger partial charge >= 0.3 is 11.9 Å². The van der Waals surface area contributed by atoms with E-state index in [-0.39, 0.29) is 0 Å². The zero-order valence-corrected chi connectivity index (χ0v) is 17.8. The summed E-state index contributed by atoms with van der Waals surface area (Å²) in [6.45, 7) is 6.45. The van der Waals surface area contributed by atoms with Gasteiger partial charge in [0.05, 0.1) is 7.11 Å². The zero-order chi connectivity index (χ0) is 21.2. The molecular formula is C21H25BrN2O5. The van der Waals surface area contributed by atoms with E-state index in [4.69, 9.17) is 24.5 Å². The van der Waals surface area contributed by atoms with Crippen molar-refractivity contribution in [1.29, 1.82) is 0 Å². The number of carbonyl (C=O) groups is 2. The molecule has 0 unspecified atom stereocenters. The van der Waals surface area contributed by atoms with Crippen molar-refractivity contribution in [3.63, 3.8) is 0 Å². The summed E-state index contributed by atoms with van der Waals surface area (Å²) in [5.74, 6) is -2.66. The van der Waals surface area contributed by atoms with Gasteiger partial charge in [0.15, 0.2) is 0 Å². The number of halogens is 1. The number of para-hydroxylation sites is 1. The van der Waals surface area contributed by atoms with Crippen LogP contribution >= 0.6 is 15.9 Å². The highest BCUT2D eigenvalue weighted by atomic mass is 79.9. The molecule has 0 aliphatic carbocycles. The Morgan fingerprint density at radius 2 is 1.41 bits per heavy atom. The number of piperazine rings is 1. The summed E-state index contributed by atoms with van der Waals surface area (Å²) >= 11 is 3.49. The summed E-state index contributed by atoms with van der Waals surface area (Å²) in [4.78, 5) is 23.2. The Morgan fingerprint density at radius 1 is 0.897 bits per heavy atom.